The van der Waals surface area contributed by atoms with Gasteiger partial charge in [0.1, 0.15) is 12.4 Å². The number of anilines is 1. The maximum atomic E-state index is 13.2. The van der Waals surface area contributed by atoms with Gasteiger partial charge >= 0.3 is 6.03 Å². The predicted molar refractivity (Wildman–Crippen MR) is 142 cm³/mol. The van der Waals surface area contributed by atoms with Crippen LogP contribution in [0.3, 0.4) is 0 Å². The third-order valence-corrected chi connectivity index (χ3v) is 6.52. The Balaban J connectivity index is 1.77. The molecular formula is C28H43N5O2. The number of hydrogen-bond donors (Lipinski definition) is 2. The number of nitrogens with zero attached hydrogens (tertiary/aromatic N) is 3. The molecule has 0 radical (unpaired) electrons. The molecule has 2 N–H and O–H groups in total. The number of benzene rings is 1. The minimum atomic E-state index is -0.221. The number of hydrogen-bond acceptors (Lipinski definition) is 3. The van der Waals surface area contributed by atoms with Gasteiger partial charge in [-0.15, -0.1) is 0 Å². The smallest absolute Gasteiger partial charge is 0.318 e. The number of carbonyl (C=O) groups is 2. The lowest BCUT2D eigenvalue weighted by Crippen LogP contribution is -2.48. The molecule has 7 nitrogen and oxygen atoms in total. The molecule has 1 saturated carbocycles. The molecule has 1 aliphatic carbocycles. The maximum Gasteiger partial charge on any atom is 0.318 e. The second kappa shape index (κ2) is 11.7. The van der Waals surface area contributed by atoms with E-state index in [1.54, 1.807) is 9.58 Å². The van der Waals surface area contributed by atoms with E-state index in [1.807, 2.05) is 37.3 Å². The fraction of sp³-hybridized carbons (Fsp3) is 0.607. The van der Waals surface area contributed by atoms with Gasteiger partial charge in [-0.2, -0.15) is 5.10 Å². The fourth-order valence-electron chi connectivity index (χ4n) is 4.33. The summed E-state index contributed by atoms with van der Waals surface area (Å²) in [7, 11) is 0. The van der Waals surface area contributed by atoms with E-state index >= 15 is 0 Å². The molecule has 0 spiro atoms. The summed E-state index contributed by atoms with van der Waals surface area (Å²) in [6.45, 7) is 13.2. The molecule has 3 amide bonds. The van der Waals surface area contributed by atoms with Gasteiger partial charge in [-0.3, -0.25) is 4.79 Å². The van der Waals surface area contributed by atoms with Gasteiger partial charge < -0.3 is 15.5 Å². The normalized spacial score (nSPS) is 14.7. The first-order valence-corrected chi connectivity index (χ1v) is 13.1. The lowest BCUT2D eigenvalue weighted by molar-refractivity contribution is -0.116. The number of aryl methyl sites for hydroxylation is 1. The van der Waals surface area contributed by atoms with Crippen molar-refractivity contribution in [3.63, 3.8) is 0 Å². The van der Waals surface area contributed by atoms with Crippen molar-refractivity contribution in [1.29, 1.82) is 0 Å². The Labute approximate surface area is 210 Å². The average molecular weight is 482 g/mol. The summed E-state index contributed by atoms with van der Waals surface area (Å²) < 4.78 is 1.78. The van der Waals surface area contributed by atoms with Crippen LogP contribution in [0.2, 0.25) is 0 Å². The zero-order valence-corrected chi connectivity index (χ0v) is 22.4. The molecule has 0 aliphatic heterocycles. The van der Waals surface area contributed by atoms with Crippen molar-refractivity contribution in [3.8, 4) is 5.69 Å². The van der Waals surface area contributed by atoms with Crippen LogP contribution in [-0.4, -0.2) is 45.8 Å². The second-order valence-electron chi connectivity index (χ2n) is 11.4. The quantitative estimate of drug-likeness (QED) is 0.499. The Bertz CT molecular complexity index is 999. The van der Waals surface area contributed by atoms with Gasteiger partial charge in [-0.05, 0) is 49.8 Å². The van der Waals surface area contributed by atoms with Crippen LogP contribution in [0.25, 0.3) is 5.69 Å². The van der Waals surface area contributed by atoms with Crippen LogP contribution >= 0.6 is 0 Å². The van der Waals surface area contributed by atoms with Gasteiger partial charge in [0.05, 0.1) is 11.4 Å². The molecule has 192 valence electrons. The van der Waals surface area contributed by atoms with Crippen molar-refractivity contribution in [2.45, 2.75) is 91.5 Å². The van der Waals surface area contributed by atoms with Crippen molar-refractivity contribution in [1.82, 2.24) is 20.0 Å². The van der Waals surface area contributed by atoms with Crippen LogP contribution < -0.4 is 10.6 Å². The minimum absolute atomic E-state index is 0.00905. The predicted octanol–water partition coefficient (Wildman–Crippen LogP) is 5.81. The zero-order valence-electron chi connectivity index (χ0n) is 22.4. The Morgan fingerprint density at radius 1 is 1.14 bits per heavy atom. The highest BCUT2D eigenvalue weighted by Gasteiger charge is 2.24. The van der Waals surface area contributed by atoms with Crippen LogP contribution in [0.4, 0.5) is 10.6 Å². The van der Waals surface area contributed by atoms with E-state index in [-0.39, 0.29) is 29.9 Å². The number of nitrogens with one attached hydrogen (secondary N) is 2. The Morgan fingerprint density at radius 3 is 2.49 bits per heavy atom. The van der Waals surface area contributed by atoms with Crippen LogP contribution in [0, 0.1) is 12.8 Å². The summed E-state index contributed by atoms with van der Waals surface area (Å²) in [5, 5.41) is 11.0. The van der Waals surface area contributed by atoms with Gasteiger partial charge in [0.25, 0.3) is 0 Å². The van der Waals surface area contributed by atoms with Crippen molar-refractivity contribution in [2.75, 3.05) is 18.4 Å². The van der Waals surface area contributed by atoms with Gasteiger partial charge in [0.15, 0.2) is 0 Å². The summed E-state index contributed by atoms with van der Waals surface area (Å²) >= 11 is 0. The lowest BCUT2D eigenvalue weighted by atomic mass is 9.92. The van der Waals surface area contributed by atoms with Gasteiger partial charge in [0.2, 0.25) is 5.91 Å². The SMILES string of the molecule is Cc1cccc(-n2nc(C(C)(C)C)cc2NC(=O)CN(CCC(C)C)C(=O)NC2CCCCC2)c1. The second-order valence-corrected chi connectivity index (χ2v) is 11.4. The van der Waals surface area contributed by atoms with E-state index in [4.69, 9.17) is 5.10 Å². The monoisotopic (exact) mass is 481 g/mol. The summed E-state index contributed by atoms with van der Waals surface area (Å²) in [6.07, 6.45) is 6.41. The lowest BCUT2D eigenvalue weighted by Gasteiger charge is -2.28. The number of carbonyl (C=O) groups excluding carboxylic acids is 2. The van der Waals surface area contributed by atoms with Crippen molar-refractivity contribution < 1.29 is 9.59 Å². The molecule has 0 bridgehead atoms. The first-order valence-electron chi connectivity index (χ1n) is 13.1. The largest absolute Gasteiger partial charge is 0.335 e. The number of aromatic nitrogens is 2. The fourth-order valence-corrected chi connectivity index (χ4v) is 4.33. The molecule has 1 heterocycles. The van der Waals surface area contributed by atoms with Gasteiger partial charge in [-0.1, -0.05) is 66.0 Å². The maximum absolute atomic E-state index is 13.2. The molecule has 0 unspecified atom stereocenters. The van der Waals surface area contributed by atoms with E-state index in [0.717, 1.165) is 49.0 Å². The molecule has 1 aliphatic rings. The molecular weight excluding hydrogens is 438 g/mol. The van der Waals surface area contributed by atoms with Gasteiger partial charge in [0, 0.05) is 24.1 Å². The first kappa shape index (κ1) is 26.8. The van der Waals surface area contributed by atoms with Crippen LogP contribution in [0.15, 0.2) is 30.3 Å². The van der Waals surface area contributed by atoms with Crippen LogP contribution in [0.1, 0.15) is 84.4 Å². The Kier molecular flexibility index (Phi) is 8.98. The van der Waals surface area contributed by atoms with Crippen molar-refractivity contribution in [2.24, 2.45) is 5.92 Å². The van der Waals surface area contributed by atoms with E-state index in [0.29, 0.717) is 18.3 Å². The standard InChI is InChI=1S/C28H43N5O2/c1-20(2)15-16-32(27(35)29-22-12-8-7-9-13-22)19-26(34)30-25-18-24(28(4,5)6)31-33(25)23-14-10-11-21(3)17-23/h10-11,14,17-18,20,22H,7-9,12-13,15-16,19H2,1-6H3,(H,29,35)(H,30,34). The van der Waals surface area contributed by atoms with Crippen LogP contribution in [-0.2, 0) is 10.2 Å². The molecule has 1 fully saturated rings. The van der Waals surface area contributed by atoms with E-state index in [2.05, 4.69) is 45.3 Å². The molecule has 1 aromatic heterocycles. The highest BCUT2D eigenvalue weighted by Crippen LogP contribution is 2.26. The summed E-state index contributed by atoms with van der Waals surface area (Å²) in [4.78, 5) is 27.9. The molecule has 1 aromatic carbocycles. The molecule has 0 atom stereocenters. The van der Waals surface area contributed by atoms with Crippen LogP contribution in [0.5, 0.6) is 0 Å². The summed E-state index contributed by atoms with van der Waals surface area (Å²) in [6, 6.07) is 10.0. The minimum Gasteiger partial charge on any atom is -0.335 e. The molecule has 0 saturated heterocycles. The highest BCUT2D eigenvalue weighted by molar-refractivity contribution is 5.94. The number of urea groups is 1. The summed E-state index contributed by atoms with van der Waals surface area (Å²) in [5.41, 5.74) is 2.73. The van der Waals surface area contributed by atoms with Crippen molar-refractivity contribution in [3.05, 3.63) is 41.6 Å². The first-order chi connectivity index (χ1) is 16.5. The Morgan fingerprint density at radius 2 is 1.86 bits per heavy atom. The number of amides is 3. The zero-order chi connectivity index (χ0) is 25.6. The molecule has 7 heteroatoms. The van der Waals surface area contributed by atoms with E-state index in [1.165, 1.54) is 6.42 Å². The molecule has 35 heavy (non-hydrogen) atoms. The molecule has 2 aromatic rings. The van der Waals surface area contributed by atoms with E-state index < -0.39 is 0 Å². The topological polar surface area (TPSA) is 79.3 Å². The third kappa shape index (κ3) is 7.84. The average Bonchev–Trinajstić information content (AvgIpc) is 3.21. The number of rotatable bonds is 8. The highest BCUT2D eigenvalue weighted by atomic mass is 16.2. The third-order valence-electron chi connectivity index (χ3n) is 6.52. The molecule has 3 rings (SSSR count). The van der Waals surface area contributed by atoms with Gasteiger partial charge in [-0.25, -0.2) is 9.48 Å². The summed E-state index contributed by atoms with van der Waals surface area (Å²) in [5.74, 6) is 0.837. The van der Waals surface area contributed by atoms with E-state index in [9.17, 15) is 9.59 Å². The van der Waals surface area contributed by atoms with Crippen molar-refractivity contribution >= 4 is 17.8 Å². The Hall–Kier alpha value is -2.83.